The number of amides is 1. The zero-order valence-corrected chi connectivity index (χ0v) is 15.1. The molecule has 1 heterocycles. The second-order valence-corrected chi connectivity index (χ2v) is 7.09. The van der Waals surface area contributed by atoms with Crippen molar-refractivity contribution >= 4 is 34.3 Å². The molecule has 0 spiro atoms. The molecule has 27 heavy (non-hydrogen) atoms. The predicted octanol–water partition coefficient (Wildman–Crippen LogP) is 4.12. The summed E-state index contributed by atoms with van der Waals surface area (Å²) in [5.41, 5.74) is -0.535. The minimum atomic E-state index is -4.63. The lowest BCUT2D eigenvalue weighted by Gasteiger charge is -2.19. The molecule has 2 aromatic rings. The Kier molecular flexibility index (Phi) is 5.45. The van der Waals surface area contributed by atoms with E-state index in [2.05, 4.69) is 0 Å². The van der Waals surface area contributed by atoms with Gasteiger partial charge in [0.25, 0.3) is 5.91 Å². The van der Waals surface area contributed by atoms with Gasteiger partial charge in [-0.2, -0.15) is 13.2 Å². The number of rotatable bonds is 4. The van der Waals surface area contributed by atoms with Crippen LogP contribution >= 0.6 is 11.6 Å². The first-order valence-electron chi connectivity index (χ1n) is 7.73. The first-order chi connectivity index (χ1) is 12.7. The Bertz CT molecular complexity index is 889. The highest BCUT2D eigenvalue weighted by molar-refractivity contribution is 7.79. The van der Waals surface area contributed by atoms with E-state index in [-0.39, 0.29) is 17.1 Å². The zero-order chi connectivity index (χ0) is 19.8. The van der Waals surface area contributed by atoms with Gasteiger partial charge in [-0.3, -0.25) is 4.79 Å². The number of nitrogens with zero attached hydrogens (tertiary/aromatic N) is 1. The number of carbonyl (C=O) groups excluding carboxylic acids is 1. The first-order valence-corrected chi connectivity index (χ1v) is 9.21. The average molecular weight is 420 g/mol. The van der Waals surface area contributed by atoms with Gasteiger partial charge in [-0.15, -0.1) is 0 Å². The molecule has 1 fully saturated rings. The van der Waals surface area contributed by atoms with Crippen LogP contribution in [0.1, 0.15) is 12.0 Å². The lowest BCUT2D eigenvalue weighted by Crippen LogP contribution is -2.32. The van der Waals surface area contributed by atoms with E-state index in [1.165, 1.54) is 35.2 Å². The van der Waals surface area contributed by atoms with Gasteiger partial charge in [0.15, 0.2) is 17.2 Å². The SMILES string of the molecule is O=C1C(Oc2cccc(C(F)(F)F)c2Cl)CCN1c1ccc(S(=O)O)cc1. The van der Waals surface area contributed by atoms with E-state index in [9.17, 15) is 22.2 Å². The molecule has 0 saturated carbocycles. The number of halogens is 4. The zero-order valence-electron chi connectivity index (χ0n) is 13.6. The van der Waals surface area contributed by atoms with Gasteiger partial charge in [0, 0.05) is 18.7 Å². The van der Waals surface area contributed by atoms with Gasteiger partial charge in [-0.1, -0.05) is 17.7 Å². The molecule has 1 aliphatic rings. The van der Waals surface area contributed by atoms with E-state index >= 15 is 0 Å². The Morgan fingerprint density at radius 2 is 1.85 bits per heavy atom. The molecule has 2 unspecified atom stereocenters. The molecule has 1 N–H and O–H groups in total. The lowest BCUT2D eigenvalue weighted by atomic mass is 10.2. The number of alkyl halides is 3. The second kappa shape index (κ2) is 7.49. The Morgan fingerprint density at radius 3 is 2.44 bits per heavy atom. The van der Waals surface area contributed by atoms with Gasteiger partial charge in [-0.05, 0) is 36.4 Å². The number of hydrogen-bond acceptors (Lipinski definition) is 3. The minimum absolute atomic E-state index is 0.189. The maximum Gasteiger partial charge on any atom is 0.417 e. The van der Waals surface area contributed by atoms with E-state index in [1.54, 1.807) is 0 Å². The van der Waals surface area contributed by atoms with E-state index in [1.807, 2.05) is 0 Å². The fourth-order valence-electron chi connectivity index (χ4n) is 2.74. The van der Waals surface area contributed by atoms with Gasteiger partial charge in [0.2, 0.25) is 0 Å². The smallest absolute Gasteiger partial charge is 0.417 e. The molecular weight excluding hydrogens is 407 g/mol. The van der Waals surface area contributed by atoms with Crippen molar-refractivity contribution in [3.05, 3.63) is 53.1 Å². The molecule has 0 aliphatic carbocycles. The number of hydrogen-bond donors (Lipinski definition) is 1. The maximum atomic E-state index is 12.9. The Hall–Kier alpha value is -2.10. The van der Waals surface area contributed by atoms with Gasteiger partial charge in [0.05, 0.1) is 15.5 Å². The summed E-state index contributed by atoms with van der Waals surface area (Å²) in [5.74, 6) is -0.640. The molecule has 144 valence electrons. The summed E-state index contributed by atoms with van der Waals surface area (Å²) in [5, 5.41) is -0.592. The molecule has 0 radical (unpaired) electrons. The van der Waals surface area contributed by atoms with Crippen LogP contribution in [0.25, 0.3) is 0 Å². The topological polar surface area (TPSA) is 66.8 Å². The molecule has 0 aromatic heterocycles. The first kappa shape index (κ1) is 19.7. The van der Waals surface area contributed by atoms with Crippen LogP contribution in [-0.4, -0.2) is 27.3 Å². The van der Waals surface area contributed by atoms with Gasteiger partial charge in [-0.25, -0.2) is 4.21 Å². The average Bonchev–Trinajstić information content (AvgIpc) is 2.96. The summed E-state index contributed by atoms with van der Waals surface area (Å²) in [4.78, 5) is 14.1. The maximum absolute atomic E-state index is 12.9. The third kappa shape index (κ3) is 4.10. The van der Waals surface area contributed by atoms with E-state index in [0.717, 1.165) is 12.1 Å². The highest BCUT2D eigenvalue weighted by Crippen LogP contribution is 2.40. The minimum Gasteiger partial charge on any atom is -0.479 e. The van der Waals surface area contributed by atoms with Crippen LogP contribution in [0.5, 0.6) is 5.75 Å². The highest BCUT2D eigenvalue weighted by atomic mass is 35.5. The predicted molar refractivity (Wildman–Crippen MR) is 93.3 cm³/mol. The van der Waals surface area contributed by atoms with Crippen molar-refractivity contribution in [2.75, 3.05) is 11.4 Å². The van der Waals surface area contributed by atoms with E-state index < -0.39 is 39.9 Å². The normalized spacial score (nSPS) is 18.6. The van der Waals surface area contributed by atoms with E-state index in [4.69, 9.17) is 20.9 Å². The summed E-state index contributed by atoms with van der Waals surface area (Å²) in [7, 11) is 0. The molecule has 2 aromatic carbocycles. The van der Waals surface area contributed by atoms with Crippen LogP contribution in [0, 0.1) is 0 Å². The molecule has 1 aliphatic heterocycles. The summed E-state index contributed by atoms with van der Waals surface area (Å²) in [6.45, 7) is 0.293. The van der Waals surface area contributed by atoms with Crippen LogP contribution in [0.15, 0.2) is 47.4 Å². The monoisotopic (exact) mass is 419 g/mol. The van der Waals surface area contributed by atoms with Crippen molar-refractivity contribution in [1.29, 1.82) is 0 Å². The van der Waals surface area contributed by atoms with Crippen LogP contribution in [0.4, 0.5) is 18.9 Å². The van der Waals surface area contributed by atoms with Crippen LogP contribution in [0.3, 0.4) is 0 Å². The van der Waals surface area contributed by atoms with Gasteiger partial charge >= 0.3 is 6.18 Å². The molecule has 0 bridgehead atoms. The number of carbonyl (C=O) groups is 1. The molecule has 1 amide bonds. The number of ether oxygens (including phenoxy) is 1. The van der Waals surface area contributed by atoms with Crippen LogP contribution < -0.4 is 9.64 Å². The molecule has 2 atom stereocenters. The fraction of sp³-hybridized carbons (Fsp3) is 0.235. The second-order valence-electron chi connectivity index (χ2n) is 5.74. The Morgan fingerprint density at radius 1 is 1.19 bits per heavy atom. The third-order valence-corrected chi connectivity index (χ3v) is 5.11. The largest absolute Gasteiger partial charge is 0.479 e. The highest BCUT2D eigenvalue weighted by Gasteiger charge is 2.37. The van der Waals surface area contributed by atoms with Crippen LogP contribution in [-0.2, 0) is 22.1 Å². The summed E-state index contributed by atoms with van der Waals surface area (Å²) < 4.78 is 64.3. The molecule has 1 saturated heterocycles. The van der Waals surface area contributed by atoms with Gasteiger partial charge in [0.1, 0.15) is 5.75 Å². The quantitative estimate of drug-likeness (QED) is 0.757. The van der Waals surface area contributed by atoms with Gasteiger partial charge < -0.3 is 14.2 Å². The molecule has 5 nitrogen and oxygen atoms in total. The van der Waals surface area contributed by atoms with E-state index in [0.29, 0.717) is 12.2 Å². The summed E-state index contributed by atoms with van der Waals surface area (Å²) in [6, 6.07) is 9.13. The molecule has 3 rings (SSSR count). The number of anilines is 1. The van der Waals surface area contributed by atoms with Crippen molar-refractivity contribution < 1.29 is 31.5 Å². The third-order valence-electron chi connectivity index (χ3n) is 4.04. The fourth-order valence-corrected chi connectivity index (χ4v) is 3.38. The molecular formula is C17H13ClF3NO4S. The summed E-state index contributed by atoms with van der Waals surface area (Å²) in [6.07, 6.45) is -5.34. The molecule has 10 heteroatoms. The number of benzene rings is 2. The van der Waals surface area contributed by atoms with Crippen LogP contribution in [0.2, 0.25) is 5.02 Å². The Labute approximate surface area is 160 Å². The van der Waals surface area contributed by atoms with Crippen molar-refractivity contribution in [2.45, 2.75) is 23.6 Å². The Balaban J connectivity index is 1.77. The van der Waals surface area contributed by atoms with Crippen molar-refractivity contribution in [2.24, 2.45) is 0 Å². The summed E-state index contributed by atoms with van der Waals surface area (Å²) >= 11 is 3.67. The van der Waals surface area contributed by atoms with Crippen molar-refractivity contribution in [1.82, 2.24) is 0 Å². The standard InChI is InChI=1S/C17H13ClF3NO4S/c18-15-12(17(19,20)21)2-1-3-13(15)26-14-8-9-22(16(14)23)10-4-6-11(7-5-10)27(24)25/h1-7,14H,8-9H2,(H,24,25). The lowest BCUT2D eigenvalue weighted by molar-refractivity contribution is -0.137. The van der Waals surface area contributed by atoms with Crippen molar-refractivity contribution in [3.63, 3.8) is 0 Å². The van der Waals surface area contributed by atoms with Crippen molar-refractivity contribution in [3.8, 4) is 5.75 Å².